The van der Waals surface area contributed by atoms with Crippen molar-refractivity contribution in [2.45, 2.75) is 9.79 Å². The zero-order chi connectivity index (χ0) is 28.9. The van der Waals surface area contributed by atoms with Crippen molar-refractivity contribution in [1.82, 2.24) is 0 Å². The minimum atomic E-state index is -4.29. The highest BCUT2D eigenvalue weighted by atomic mass is 32.2. The first-order valence-electron chi connectivity index (χ1n) is 11.4. The number of carbonyl (C=O) groups is 2. The van der Waals surface area contributed by atoms with Gasteiger partial charge in [0.05, 0.1) is 26.7 Å². The van der Waals surface area contributed by atoms with Crippen LogP contribution < -0.4 is 9.44 Å². The Kier molecular flexibility index (Phi) is 8.26. The van der Waals surface area contributed by atoms with Crippen molar-refractivity contribution >= 4 is 43.2 Å². The van der Waals surface area contributed by atoms with Crippen LogP contribution in [0.1, 0.15) is 20.7 Å². The molecule has 0 radical (unpaired) electrons. The van der Waals surface area contributed by atoms with E-state index in [-0.39, 0.29) is 26.7 Å². The Morgan fingerprint density at radius 1 is 0.625 bits per heavy atom. The van der Waals surface area contributed by atoms with Crippen LogP contribution >= 0.6 is 0 Å². The molecule has 0 aromatic heterocycles. The van der Waals surface area contributed by atoms with Crippen LogP contribution in [0.3, 0.4) is 0 Å². The van der Waals surface area contributed by atoms with Crippen molar-refractivity contribution in [2.75, 3.05) is 16.1 Å². The smallest absolute Gasteiger partial charge is 0.338 e. The first kappa shape index (κ1) is 28.4. The predicted octanol–water partition coefficient (Wildman–Crippen LogP) is 4.61. The molecule has 0 saturated carbocycles. The lowest BCUT2D eigenvalue weighted by Gasteiger charge is -2.14. The molecule has 0 atom stereocenters. The van der Waals surface area contributed by atoms with Crippen LogP contribution in [-0.2, 0) is 24.8 Å². The maximum Gasteiger partial charge on any atom is 0.338 e. The van der Waals surface area contributed by atoms with E-state index < -0.39 is 50.0 Å². The van der Waals surface area contributed by atoms with Crippen LogP contribution in [0.5, 0.6) is 0 Å². The number of anilines is 2. The van der Waals surface area contributed by atoms with Gasteiger partial charge < -0.3 is 4.74 Å². The van der Waals surface area contributed by atoms with Gasteiger partial charge in [-0.15, -0.1) is 0 Å². The van der Waals surface area contributed by atoms with Gasteiger partial charge in [0.25, 0.3) is 20.0 Å². The van der Waals surface area contributed by atoms with Gasteiger partial charge in [0.15, 0.2) is 12.4 Å². The zero-order valence-corrected chi connectivity index (χ0v) is 22.0. The molecule has 0 fully saturated rings. The number of sulfonamides is 2. The Morgan fingerprint density at radius 3 is 1.52 bits per heavy atom. The summed E-state index contributed by atoms with van der Waals surface area (Å²) in [7, 11) is -8.59. The lowest BCUT2D eigenvalue weighted by molar-refractivity contribution is 0.0475. The van der Waals surface area contributed by atoms with Gasteiger partial charge in [0.1, 0.15) is 11.6 Å². The quantitative estimate of drug-likeness (QED) is 0.205. The molecular weight excluding hydrogens is 566 g/mol. The van der Waals surface area contributed by atoms with E-state index in [1.165, 1.54) is 12.1 Å². The Hall–Kier alpha value is -4.62. The third kappa shape index (κ3) is 7.07. The molecule has 0 saturated heterocycles. The van der Waals surface area contributed by atoms with E-state index in [1.807, 2.05) is 0 Å². The van der Waals surface area contributed by atoms with Crippen LogP contribution in [-0.4, -0.2) is 35.2 Å². The van der Waals surface area contributed by atoms with Gasteiger partial charge in [-0.25, -0.2) is 30.4 Å². The highest BCUT2D eigenvalue weighted by molar-refractivity contribution is 7.93. The van der Waals surface area contributed by atoms with E-state index >= 15 is 0 Å². The second-order valence-electron chi connectivity index (χ2n) is 8.28. The summed E-state index contributed by atoms with van der Waals surface area (Å²) in [6.45, 7) is -0.634. The molecule has 0 aliphatic heterocycles. The Bertz CT molecular complexity index is 1670. The van der Waals surface area contributed by atoms with Crippen molar-refractivity contribution < 1.29 is 39.9 Å². The minimum absolute atomic E-state index is 0.245. The molecule has 0 unspecified atom stereocenters. The van der Waals surface area contributed by atoms with E-state index in [9.17, 15) is 35.2 Å². The predicted molar refractivity (Wildman–Crippen MR) is 142 cm³/mol. The third-order valence-corrected chi connectivity index (χ3v) is 8.15. The number of ketones is 1. The number of benzene rings is 4. The molecular formula is C27H20F2N2O7S2. The van der Waals surface area contributed by atoms with Gasteiger partial charge in [-0.2, -0.15) is 0 Å². The molecule has 4 aromatic carbocycles. The fraction of sp³-hybridized carbons (Fsp3) is 0.0370. The number of Topliss-reactive ketones (excluding diaryl/α,β-unsaturated/α-hetero) is 1. The van der Waals surface area contributed by atoms with Gasteiger partial charge in [-0.05, 0) is 66.7 Å². The van der Waals surface area contributed by atoms with Gasteiger partial charge in [-0.1, -0.05) is 30.3 Å². The zero-order valence-electron chi connectivity index (χ0n) is 20.4. The summed E-state index contributed by atoms with van der Waals surface area (Å²) in [5, 5.41) is 0. The van der Waals surface area contributed by atoms with Crippen molar-refractivity contribution in [3.8, 4) is 0 Å². The molecule has 9 nitrogen and oxygen atoms in total. The summed E-state index contributed by atoms with van der Waals surface area (Å²) in [6, 6.07) is 19.1. The Labute approximate surface area is 228 Å². The first-order chi connectivity index (χ1) is 18.9. The van der Waals surface area contributed by atoms with Crippen LogP contribution in [0, 0.1) is 11.6 Å². The van der Waals surface area contributed by atoms with Gasteiger partial charge in [0.2, 0.25) is 0 Å². The summed E-state index contributed by atoms with van der Waals surface area (Å²) < 4.78 is 87.4. The molecule has 4 aromatic rings. The molecule has 2 N–H and O–H groups in total. The topological polar surface area (TPSA) is 136 Å². The molecule has 4 rings (SSSR count). The van der Waals surface area contributed by atoms with E-state index in [4.69, 9.17) is 4.74 Å². The fourth-order valence-electron chi connectivity index (χ4n) is 3.44. The van der Waals surface area contributed by atoms with Crippen molar-refractivity contribution in [3.63, 3.8) is 0 Å². The number of hydrogen-bond acceptors (Lipinski definition) is 7. The first-order valence-corrected chi connectivity index (χ1v) is 14.4. The lowest BCUT2D eigenvalue weighted by Crippen LogP contribution is -2.17. The third-order valence-electron chi connectivity index (χ3n) is 5.35. The van der Waals surface area contributed by atoms with E-state index in [0.717, 1.165) is 66.7 Å². The summed E-state index contributed by atoms with van der Waals surface area (Å²) in [5.74, 6) is -2.87. The fourth-order valence-corrected chi connectivity index (χ4v) is 5.52. The second-order valence-corrected chi connectivity index (χ2v) is 11.6. The molecule has 0 bridgehead atoms. The highest BCUT2D eigenvalue weighted by Crippen LogP contribution is 2.25. The van der Waals surface area contributed by atoms with Crippen molar-refractivity contribution in [1.29, 1.82) is 0 Å². The maximum absolute atomic E-state index is 13.3. The Balaban J connectivity index is 1.65. The summed E-state index contributed by atoms with van der Waals surface area (Å²) in [5.41, 5.74) is -0.490. The number of carbonyl (C=O) groups excluding carboxylic acids is 2. The highest BCUT2D eigenvalue weighted by Gasteiger charge is 2.21. The molecule has 13 heteroatoms. The van der Waals surface area contributed by atoms with Gasteiger partial charge >= 0.3 is 5.97 Å². The van der Waals surface area contributed by atoms with E-state index in [2.05, 4.69) is 9.44 Å². The number of esters is 1. The SMILES string of the molecule is O=C(COC(=O)c1cc(NS(=O)(=O)c2ccc(F)cc2)cc(NS(=O)(=O)c2ccc(F)cc2)c1)c1ccccc1. The molecule has 0 spiro atoms. The Morgan fingerprint density at radius 2 is 1.07 bits per heavy atom. The molecule has 0 aliphatic rings. The van der Waals surface area contributed by atoms with Crippen LogP contribution in [0.2, 0.25) is 0 Å². The normalized spacial score (nSPS) is 11.4. The van der Waals surface area contributed by atoms with E-state index in [1.54, 1.807) is 18.2 Å². The van der Waals surface area contributed by atoms with Crippen LogP contribution in [0.4, 0.5) is 20.2 Å². The minimum Gasteiger partial charge on any atom is -0.454 e. The van der Waals surface area contributed by atoms with E-state index in [0.29, 0.717) is 5.56 Å². The largest absolute Gasteiger partial charge is 0.454 e. The molecule has 0 heterocycles. The average molecular weight is 587 g/mol. The number of nitrogens with one attached hydrogen (secondary N) is 2. The van der Waals surface area contributed by atoms with Gasteiger partial charge in [0, 0.05) is 5.56 Å². The second kappa shape index (κ2) is 11.6. The number of hydrogen-bond donors (Lipinski definition) is 2. The van der Waals surface area contributed by atoms with Crippen LogP contribution in [0.25, 0.3) is 0 Å². The summed E-state index contributed by atoms with van der Waals surface area (Å²) >= 11 is 0. The number of rotatable bonds is 10. The molecule has 0 amide bonds. The molecule has 206 valence electrons. The summed E-state index contributed by atoms with van der Waals surface area (Å²) in [6.07, 6.45) is 0. The molecule has 40 heavy (non-hydrogen) atoms. The van der Waals surface area contributed by atoms with Gasteiger partial charge in [-0.3, -0.25) is 14.2 Å². The van der Waals surface area contributed by atoms with Crippen LogP contribution in [0.15, 0.2) is 107 Å². The van der Waals surface area contributed by atoms with Crippen molar-refractivity contribution in [3.05, 3.63) is 120 Å². The summed E-state index contributed by atoms with van der Waals surface area (Å²) in [4.78, 5) is 24.6. The maximum atomic E-state index is 13.3. The average Bonchev–Trinajstić information content (AvgIpc) is 2.92. The number of halogens is 2. The molecule has 0 aliphatic carbocycles. The lowest BCUT2D eigenvalue weighted by atomic mass is 10.1. The number of ether oxygens (including phenoxy) is 1. The monoisotopic (exact) mass is 586 g/mol. The standard InChI is InChI=1S/C27H20F2N2O7S2/c28-20-6-10-24(11-7-20)39(34,35)30-22-14-19(27(33)38-17-26(32)18-4-2-1-3-5-18)15-23(16-22)31-40(36,37)25-12-8-21(29)9-13-25/h1-16,30-31H,17H2. The van der Waals surface area contributed by atoms with Crippen molar-refractivity contribution in [2.24, 2.45) is 0 Å².